The van der Waals surface area contributed by atoms with E-state index in [1.54, 1.807) is 24.6 Å². The Hall–Kier alpha value is -3.54. The first kappa shape index (κ1) is 20.2. The quantitative estimate of drug-likeness (QED) is 0.440. The number of hydrogen-bond donors (Lipinski definition) is 1. The number of amides is 1. The van der Waals surface area contributed by atoms with Crippen molar-refractivity contribution < 1.29 is 18.0 Å². The number of carbonyl (C=O) groups excluding carboxylic acids is 1. The minimum Gasteiger partial charge on any atom is -0.464 e. The number of aryl methyl sites for hydroxylation is 1. The summed E-state index contributed by atoms with van der Waals surface area (Å²) in [6.45, 7) is 5.97. The van der Waals surface area contributed by atoms with Crippen molar-refractivity contribution in [3.8, 4) is 11.1 Å². The molecule has 0 aliphatic rings. The van der Waals surface area contributed by atoms with Crippen LogP contribution in [0.25, 0.3) is 22.1 Å². The number of rotatable bonds is 3. The fourth-order valence-corrected chi connectivity index (χ4v) is 2.94. The normalized spacial score (nSPS) is 10.4. The molecule has 148 valence electrons. The third-order valence-corrected chi connectivity index (χ3v) is 4.31. The van der Waals surface area contributed by atoms with E-state index in [2.05, 4.69) is 10.3 Å². The molecular formula is C23H20F2N2O2. The van der Waals surface area contributed by atoms with Crippen molar-refractivity contribution in [2.45, 2.75) is 20.8 Å². The zero-order valence-corrected chi connectivity index (χ0v) is 16.3. The Morgan fingerprint density at radius 3 is 2.41 bits per heavy atom. The SMILES string of the molecule is CC.Cc1cc2occc2cc1-c1ccc(NC(=O)c2c(F)cccc2F)nc1. The number of pyridine rings is 1. The van der Waals surface area contributed by atoms with Gasteiger partial charge >= 0.3 is 0 Å². The first-order chi connectivity index (χ1) is 14.0. The van der Waals surface area contributed by atoms with Gasteiger partial charge in [-0.1, -0.05) is 19.9 Å². The molecule has 4 aromatic rings. The minimum atomic E-state index is -0.923. The van der Waals surface area contributed by atoms with Crippen molar-refractivity contribution in [2.75, 3.05) is 5.32 Å². The van der Waals surface area contributed by atoms with Crippen molar-refractivity contribution >= 4 is 22.7 Å². The van der Waals surface area contributed by atoms with Crippen LogP contribution in [0.1, 0.15) is 29.8 Å². The smallest absolute Gasteiger partial charge is 0.262 e. The second-order valence-corrected chi connectivity index (χ2v) is 6.11. The number of benzene rings is 2. The maximum atomic E-state index is 13.7. The van der Waals surface area contributed by atoms with Crippen molar-refractivity contribution in [3.63, 3.8) is 0 Å². The molecule has 0 fully saturated rings. The van der Waals surface area contributed by atoms with E-state index in [1.807, 2.05) is 39.0 Å². The van der Waals surface area contributed by atoms with E-state index in [0.717, 1.165) is 39.8 Å². The number of nitrogens with zero attached hydrogens (tertiary/aromatic N) is 1. The monoisotopic (exact) mass is 394 g/mol. The maximum absolute atomic E-state index is 13.7. The summed E-state index contributed by atoms with van der Waals surface area (Å²) < 4.78 is 32.8. The predicted octanol–water partition coefficient (Wildman–Crippen LogP) is 6.36. The molecule has 1 N–H and O–H groups in total. The van der Waals surface area contributed by atoms with Gasteiger partial charge in [0.15, 0.2) is 0 Å². The molecule has 0 aliphatic heterocycles. The van der Waals surface area contributed by atoms with Crippen LogP contribution in [-0.4, -0.2) is 10.9 Å². The second kappa shape index (κ2) is 8.65. The molecule has 2 heterocycles. The van der Waals surface area contributed by atoms with Crippen molar-refractivity contribution in [2.24, 2.45) is 0 Å². The summed E-state index contributed by atoms with van der Waals surface area (Å²) in [7, 11) is 0. The molecule has 29 heavy (non-hydrogen) atoms. The van der Waals surface area contributed by atoms with Gasteiger partial charge < -0.3 is 9.73 Å². The van der Waals surface area contributed by atoms with Crippen molar-refractivity contribution in [1.29, 1.82) is 0 Å². The summed E-state index contributed by atoms with van der Waals surface area (Å²) in [4.78, 5) is 16.3. The van der Waals surface area contributed by atoms with Crippen LogP contribution in [0.3, 0.4) is 0 Å². The van der Waals surface area contributed by atoms with E-state index in [4.69, 9.17) is 4.42 Å². The van der Waals surface area contributed by atoms with Gasteiger partial charge in [0.25, 0.3) is 5.91 Å². The van der Waals surface area contributed by atoms with Crippen LogP contribution >= 0.6 is 0 Å². The lowest BCUT2D eigenvalue weighted by Crippen LogP contribution is -2.16. The van der Waals surface area contributed by atoms with Crippen LogP contribution in [0.5, 0.6) is 0 Å². The van der Waals surface area contributed by atoms with Gasteiger partial charge in [-0.15, -0.1) is 0 Å². The number of anilines is 1. The van der Waals surface area contributed by atoms with Crippen molar-refractivity contribution in [1.82, 2.24) is 4.98 Å². The molecule has 4 nitrogen and oxygen atoms in total. The Balaban J connectivity index is 0.00000117. The van der Waals surface area contributed by atoms with Gasteiger partial charge in [-0.2, -0.15) is 0 Å². The summed E-state index contributed by atoms with van der Waals surface area (Å²) >= 11 is 0. The van der Waals surface area contributed by atoms with Crippen LogP contribution in [0.4, 0.5) is 14.6 Å². The highest BCUT2D eigenvalue weighted by Gasteiger charge is 2.17. The molecule has 0 bridgehead atoms. The van der Waals surface area contributed by atoms with Gasteiger partial charge in [-0.3, -0.25) is 4.79 Å². The summed E-state index contributed by atoms with van der Waals surface area (Å²) in [5.41, 5.74) is 3.02. The largest absolute Gasteiger partial charge is 0.464 e. The van der Waals surface area contributed by atoms with Gasteiger partial charge in [-0.05, 0) is 60.5 Å². The lowest BCUT2D eigenvalue weighted by Gasteiger charge is -2.09. The average molecular weight is 394 g/mol. The number of aromatic nitrogens is 1. The Bertz CT molecular complexity index is 1130. The Labute approximate surface area is 167 Å². The van der Waals surface area contributed by atoms with Crippen molar-refractivity contribution in [3.05, 3.63) is 83.8 Å². The average Bonchev–Trinajstić information content (AvgIpc) is 3.16. The van der Waals surface area contributed by atoms with E-state index in [0.29, 0.717) is 0 Å². The zero-order chi connectivity index (χ0) is 21.0. The fraction of sp³-hybridized carbons (Fsp3) is 0.130. The third-order valence-electron chi connectivity index (χ3n) is 4.31. The molecule has 0 saturated heterocycles. The van der Waals surface area contributed by atoms with Gasteiger partial charge in [0.05, 0.1) is 6.26 Å². The van der Waals surface area contributed by atoms with E-state index >= 15 is 0 Å². The topological polar surface area (TPSA) is 55.1 Å². The molecule has 0 saturated carbocycles. The lowest BCUT2D eigenvalue weighted by molar-refractivity contribution is 0.101. The molecular weight excluding hydrogens is 374 g/mol. The standard InChI is InChI=1S/C21H14F2N2O2.C2H6/c1-12-9-18-13(7-8-27-18)10-15(12)14-5-6-19(24-11-14)25-21(26)20-16(22)3-2-4-17(20)23;1-2/h2-11H,1H3,(H,24,25,26);1-2H3. The van der Waals surface area contributed by atoms with Gasteiger partial charge in [-0.25, -0.2) is 13.8 Å². The Kier molecular flexibility index (Phi) is 6.02. The highest BCUT2D eigenvalue weighted by Crippen LogP contribution is 2.29. The fourth-order valence-electron chi connectivity index (χ4n) is 2.94. The highest BCUT2D eigenvalue weighted by molar-refractivity contribution is 6.04. The second-order valence-electron chi connectivity index (χ2n) is 6.11. The zero-order valence-electron chi connectivity index (χ0n) is 16.3. The molecule has 0 spiro atoms. The number of hydrogen-bond acceptors (Lipinski definition) is 3. The predicted molar refractivity (Wildman–Crippen MR) is 110 cm³/mol. The number of nitrogens with one attached hydrogen (secondary N) is 1. The molecule has 6 heteroatoms. The van der Waals surface area contributed by atoms with Gasteiger partial charge in [0, 0.05) is 17.1 Å². The van der Waals surface area contributed by atoms with E-state index < -0.39 is 23.1 Å². The van der Waals surface area contributed by atoms with E-state index in [1.165, 1.54) is 6.07 Å². The summed E-state index contributed by atoms with van der Waals surface area (Å²) in [5, 5.41) is 3.39. The minimum absolute atomic E-state index is 0.202. The summed E-state index contributed by atoms with van der Waals surface area (Å²) in [5.74, 6) is -2.53. The summed E-state index contributed by atoms with van der Waals surface area (Å²) in [6, 6.07) is 12.5. The lowest BCUT2D eigenvalue weighted by atomic mass is 10.0. The molecule has 2 aromatic carbocycles. The van der Waals surface area contributed by atoms with Crippen LogP contribution in [0, 0.1) is 18.6 Å². The first-order valence-corrected chi connectivity index (χ1v) is 9.22. The highest BCUT2D eigenvalue weighted by atomic mass is 19.1. The van der Waals surface area contributed by atoms with Crippen LogP contribution in [-0.2, 0) is 0 Å². The molecule has 1 amide bonds. The maximum Gasteiger partial charge on any atom is 0.262 e. The molecule has 2 aromatic heterocycles. The Morgan fingerprint density at radius 2 is 1.76 bits per heavy atom. The van der Waals surface area contributed by atoms with E-state index in [-0.39, 0.29) is 5.82 Å². The van der Waals surface area contributed by atoms with Crippen LogP contribution < -0.4 is 5.32 Å². The van der Waals surface area contributed by atoms with E-state index in [9.17, 15) is 13.6 Å². The van der Waals surface area contributed by atoms with Crippen LogP contribution in [0.15, 0.2) is 65.4 Å². The van der Waals surface area contributed by atoms with Crippen LogP contribution in [0.2, 0.25) is 0 Å². The number of fused-ring (bicyclic) bond motifs is 1. The molecule has 0 unspecified atom stereocenters. The number of furan rings is 1. The first-order valence-electron chi connectivity index (χ1n) is 9.22. The molecule has 0 atom stereocenters. The van der Waals surface area contributed by atoms with Gasteiger partial charge in [0.1, 0.15) is 28.6 Å². The molecule has 0 aliphatic carbocycles. The molecule has 4 rings (SSSR count). The number of halogens is 2. The number of carbonyl (C=O) groups is 1. The van der Waals surface area contributed by atoms with Gasteiger partial charge in [0.2, 0.25) is 0 Å². The summed E-state index contributed by atoms with van der Waals surface area (Å²) in [6.07, 6.45) is 3.23. The third kappa shape index (κ3) is 4.16. The Morgan fingerprint density at radius 1 is 1.03 bits per heavy atom. The molecule has 0 radical (unpaired) electrons.